The molecule has 148 valence electrons. The molecule has 3 aromatic rings. The Morgan fingerprint density at radius 1 is 1.00 bits per heavy atom. The number of carbonyl (C=O) groups is 3. The fourth-order valence-electron chi connectivity index (χ4n) is 2.58. The largest absolute Gasteiger partial charge is 0.460 e. The second-order valence-electron chi connectivity index (χ2n) is 5.97. The molecule has 0 bridgehead atoms. The van der Waals surface area contributed by atoms with Crippen LogP contribution in [0.2, 0.25) is 0 Å². The third kappa shape index (κ3) is 4.86. The Morgan fingerprint density at radius 3 is 2.52 bits per heavy atom. The van der Waals surface area contributed by atoms with E-state index in [0.717, 1.165) is 0 Å². The molecule has 3 rings (SSSR count). The van der Waals surface area contributed by atoms with Gasteiger partial charge in [-0.2, -0.15) is 0 Å². The molecule has 0 spiro atoms. The Balaban J connectivity index is 1.58. The van der Waals surface area contributed by atoms with E-state index < -0.39 is 23.5 Å². The highest BCUT2D eigenvalue weighted by Gasteiger charge is 2.16. The second-order valence-corrected chi connectivity index (χ2v) is 5.97. The van der Waals surface area contributed by atoms with Crippen LogP contribution >= 0.6 is 0 Å². The minimum Gasteiger partial charge on any atom is -0.460 e. The molecule has 0 atom stereocenters. The maximum Gasteiger partial charge on any atom is 0.349 e. The van der Waals surface area contributed by atoms with Crippen LogP contribution in [0.3, 0.4) is 0 Å². The smallest absolute Gasteiger partial charge is 0.349 e. The molecule has 1 aromatic heterocycles. The minimum absolute atomic E-state index is 0.0213. The highest BCUT2D eigenvalue weighted by molar-refractivity contribution is 5.96. The van der Waals surface area contributed by atoms with Crippen molar-refractivity contribution in [2.24, 2.45) is 0 Å². The maximum absolute atomic E-state index is 12.2. The van der Waals surface area contributed by atoms with Gasteiger partial charge in [0, 0.05) is 12.3 Å². The van der Waals surface area contributed by atoms with Crippen molar-refractivity contribution in [3.63, 3.8) is 0 Å². The van der Waals surface area contributed by atoms with Gasteiger partial charge in [-0.05, 0) is 24.3 Å². The van der Waals surface area contributed by atoms with Crippen molar-refractivity contribution >= 4 is 28.8 Å². The molecular weight excluding hydrogens is 378 g/mol. The lowest BCUT2D eigenvalue weighted by molar-refractivity contribution is -0.131. The van der Waals surface area contributed by atoms with Crippen molar-refractivity contribution < 1.29 is 28.3 Å². The number of fused-ring (bicyclic) bond motifs is 1. The van der Waals surface area contributed by atoms with Gasteiger partial charge in [0.05, 0.1) is 6.54 Å². The summed E-state index contributed by atoms with van der Waals surface area (Å²) in [5.74, 6) is -1.82. The summed E-state index contributed by atoms with van der Waals surface area (Å²) in [6, 6.07) is 14.4. The number of nitrogens with one attached hydrogen (secondary N) is 1. The molecule has 0 radical (unpaired) electrons. The monoisotopic (exact) mass is 395 g/mol. The first-order chi connectivity index (χ1) is 14.0. The third-order valence-electron chi connectivity index (χ3n) is 3.87. The molecule has 0 fully saturated rings. The van der Waals surface area contributed by atoms with Gasteiger partial charge in [-0.1, -0.05) is 30.3 Å². The van der Waals surface area contributed by atoms with Crippen LogP contribution in [0.25, 0.3) is 11.0 Å². The van der Waals surface area contributed by atoms with Gasteiger partial charge in [-0.15, -0.1) is 0 Å². The van der Waals surface area contributed by atoms with Gasteiger partial charge in [0.25, 0.3) is 5.91 Å². The van der Waals surface area contributed by atoms with E-state index in [9.17, 15) is 19.2 Å². The standard InChI is InChI=1S/C21H17NO7/c1-13(23)28-18-9-5-3-7-15(18)20(25)27-11-10-22-19(24)16-12-14-6-2-4-8-17(14)29-21(16)26/h2-9,12H,10-11H2,1H3,(H,22,24). The Kier molecular flexibility index (Phi) is 6.03. The summed E-state index contributed by atoms with van der Waals surface area (Å²) in [4.78, 5) is 47.5. The normalized spacial score (nSPS) is 10.4. The molecule has 0 saturated carbocycles. The number of amides is 1. The fourth-order valence-corrected chi connectivity index (χ4v) is 2.58. The van der Waals surface area contributed by atoms with E-state index in [1.165, 1.54) is 25.1 Å². The van der Waals surface area contributed by atoms with Crippen molar-refractivity contribution in [3.8, 4) is 5.75 Å². The zero-order valence-electron chi connectivity index (χ0n) is 15.5. The third-order valence-corrected chi connectivity index (χ3v) is 3.87. The van der Waals surface area contributed by atoms with Crippen molar-refractivity contribution in [2.45, 2.75) is 6.92 Å². The van der Waals surface area contributed by atoms with Crippen LogP contribution in [0.15, 0.2) is 63.8 Å². The number of benzene rings is 2. The SMILES string of the molecule is CC(=O)Oc1ccccc1C(=O)OCCNC(=O)c1cc2ccccc2oc1=O. The molecule has 8 heteroatoms. The first-order valence-corrected chi connectivity index (χ1v) is 8.71. The van der Waals surface area contributed by atoms with Crippen molar-refractivity contribution in [1.82, 2.24) is 5.32 Å². The molecule has 0 aliphatic carbocycles. The molecule has 0 unspecified atom stereocenters. The van der Waals surface area contributed by atoms with Gasteiger partial charge in [-0.25, -0.2) is 9.59 Å². The molecular formula is C21H17NO7. The van der Waals surface area contributed by atoms with Crippen molar-refractivity contribution in [2.75, 3.05) is 13.2 Å². The summed E-state index contributed by atoms with van der Waals surface area (Å²) >= 11 is 0. The van der Waals surface area contributed by atoms with Crippen molar-refractivity contribution in [1.29, 1.82) is 0 Å². The molecule has 0 saturated heterocycles. The van der Waals surface area contributed by atoms with Crippen molar-refractivity contribution in [3.05, 3.63) is 76.1 Å². The van der Waals surface area contributed by atoms with Gasteiger partial charge < -0.3 is 19.2 Å². The summed E-state index contributed by atoms with van der Waals surface area (Å²) < 4.78 is 15.2. The first kappa shape index (κ1) is 19.8. The second kappa shape index (κ2) is 8.83. The maximum atomic E-state index is 12.2. The summed E-state index contributed by atoms with van der Waals surface area (Å²) in [6.07, 6.45) is 0. The number of rotatable bonds is 6. The summed E-state index contributed by atoms with van der Waals surface area (Å²) in [5.41, 5.74) is -0.428. The van der Waals surface area contributed by atoms with Crippen LogP contribution < -0.4 is 15.7 Å². The lowest BCUT2D eigenvalue weighted by Gasteiger charge is -2.09. The van der Waals surface area contributed by atoms with E-state index >= 15 is 0 Å². The molecule has 1 heterocycles. The lowest BCUT2D eigenvalue weighted by atomic mass is 10.2. The van der Waals surface area contributed by atoms with Gasteiger partial charge in [-0.3, -0.25) is 9.59 Å². The van der Waals surface area contributed by atoms with Gasteiger partial charge in [0.15, 0.2) is 0 Å². The Bertz CT molecular complexity index is 1130. The number of hydrogen-bond donors (Lipinski definition) is 1. The molecule has 1 amide bonds. The summed E-state index contributed by atoms with van der Waals surface area (Å²) in [5, 5.41) is 3.11. The number of para-hydroxylation sites is 2. The Hall–Kier alpha value is -3.94. The average molecular weight is 395 g/mol. The van der Waals surface area contributed by atoms with Crippen LogP contribution in [-0.4, -0.2) is 31.0 Å². The molecule has 0 aliphatic rings. The number of hydrogen-bond acceptors (Lipinski definition) is 7. The first-order valence-electron chi connectivity index (χ1n) is 8.71. The minimum atomic E-state index is -0.756. The highest BCUT2D eigenvalue weighted by Crippen LogP contribution is 2.19. The predicted molar refractivity (Wildman–Crippen MR) is 103 cm³/mol. The molecule has 8 nitrogen and oxygen atoms in total. The van der Waals surface area contributed by atoms with E-state index in [0.29, 0.717) is 11.0 Å². The summed E-state index contributed by atoms with van der Waals surface area (Å²) in [7, 11) is 0. The quantitative estimate of drug-likeness (QED) is 0.295. The van der Waals surface area contributed by atoms with Crippen LogP contribution in [0.4, 0.5) is 0 Å². The molecule has 0 aliphatic heterocycles. The predicted octanol–water partition coefficient (Wildman–Crippen LogP) is 2.31. The average Bonchev–Trinajstić information content (AvgIpc) is 2.70. The van der Waals surface area contributed by atoms with Crippen LogP contribution in [0, 0.1) is 0 Å². The van der Waals surface area contributed by atoms with Crippen LogP contribution in [0.1, 0.15) is 27.6 Å². The van der Waals surface area contributed by atoms with E-state index in [1.807, 2.05) is 0 Å². The van der Waals surface area contributed by atoms with E-state index in [4.69, 9.17) is 13.9 Å². The Morgan fingerprint density at radius 2 is 1.72 bits per heavy atom. The topological polar surface area (TPSA) is 112 Å². The molecule has 29 heavy (non-hydrogen) atoms. The van der Waals surface area contributed by atoms with Gasteiger partial charge >= 0.3 is 17.6 Å². The van der Waals surface area contributed by atoms with Gasteiger partial charge in [0.1, 0.15) is 29.1 Å². The number of ether oxygens (including phenoxy) is 2. The number of carbonyl (C=O) groups excluding carboxylic acids is 3. The van der Waals surface area contributed by atoms with Crippen LogP contribution in [0.5, 0.6) is 5.75 Å². The molecule has 1 N–H and O–H groups in total. The zero-order valence-corrected chi connectivity index (χ0v) is 15.5. The fraction of sp³-hybridized carbons (Fsp3) is 0.143. The zero-order chi connectivity index (χ0) is 20.8. The van der Waals surface area contributed by atoms with E-state index in [1.54, 1.807) is 36.4 Å². The summed E-state index contributed by atoms with van der Waals surface area (Å²) in [6.45, 7) is 1.06. The number of esters is 2. The van der Waals surface area contributed by atoms with Gasteiger partial charge in [0.2, 0.25) is 0 Å². The highest BCUT2D eigenvalue weighted by atomic mass is 16.5. The lowest BCUT2D eigenvalue weighted by Crippen LogP contribution is -2.31. The van der Waals surface area contributed by atoms with E-state index in [-0.39, 0.29) is 30.0 Å². The molecule has 2 aromatic carbocycles. The Labute approximate surface area is 165 Å². The van der Waals surface area contributed by atoms with E-state index in [2.05, 4.69) is 5.32 Å². The van der Waals surface area contributed by atoms with Crippen LogP contribution in [-0.2, 0) is 9.53 Å².